The number of carboxylic acids is 1. The fraction of sp³-hybridized carbons (Fsp3) is 0.262. The predicted molar refractivity (Wildman–Crippen MR) is 195 cm³/mol. The number of nitrogens with zero attached hydrogens (tertiary/aromatic N) is 1. The predicted octanol–water partition coefficient (Wildman–Crippen LogP) is 8.91. The van der Waals surface area contributed by atoms with Gasteiger partial charge in [-0.2, -0.15) is 13.2 Å². The minimum Gasteiger partial charge on any atom is -0.497 e. The monoisotopic (exact) mass is 710 g/mol. The molecule has 4 aromatic carbocycles. The van der Waals surface area contributed by atoms with Crippen molar-refractivity contribution in [2.24, 2.45) is 5.92 Å². The van der Waals surface area contributed by atoms with Crippen molar-refractivity contribution in [3.63, 3.8) is 0 Å². The summed E-state index contributed by atoms with van der Waals surface area (Å²) in [6, 6.07) is 25.6. The number of aryl methyl sites for hydroxylation is 2. The number of alkyl halides is 3. The van der Waals surface area contributed by atoms with E-state index in [-0.39, 0.29) is 29.1 Å². The van der Waals surface area contributed by atoms with Crippen LogP contribution in [0.4, 0.5) is 18.9 Å². The van der Waals surface area contributed by atoms with Crippen LogP contribution in [-0.2, 0) is 35.2 Å². The van der Waals surface area contributed by atoms with Crippen LogP contribution in [-0.4, -0.2) is 41.4 Å². The van der Waals surface area contributed by atoms with E-state index >= 15 is 0 Å². The Morgan fingerprint density at radius 1 is 0.885 bits per heavy atom. The van der Waals surface area contributed by atoms with E-state index in [1.54, 1.807) is 0 Å². The third kappa shape index (κ3) is 9.99. The second kappa shape index (κ2) is 16.6. The van der Waals surface area contributed by atoms with Gasteiger partial charge in [-0.05, 0) is 96.3 Å². The number of allylic oxidation sites excluding steroid dienone is 4. The van der Waals surface area contributed by atoms with E-state index in [2.05, 4.69) is 55.6 Å². The summed E-state index contributed by atoms with van der Waals surface area (Å²) in [5.74, 6) is -1.92. The highest BCUT2D eigenvalue weighted by Crippen LogP contribution is 2.35. The molecule has 52 heavy (non-hydrogen) atoms. The number of anilines is 1. The molecule has 2 N–H and O–H groups in total. The number of hydrogen-bond donors (Lipinski definition) is 2. The first-order valence-electron chi connectivity index (χ1n) is 17.0. The molecule has 7 nitrogen and oxygen atoms in total. The van der Waals surface area contributed by atoms with Crippen molar-refractivity contribution < 1.29 is 37.4 Å². The highest BCUT2D eigenvalue weighted by molar-refractivity contribution is 5.97. The third-order valence-electron chi connectivity index (χ3n) is 9.12. The second-order valence-corrected chi connectivity index (χ2v) is 13.1. The number of rotatable bonds is 13. The van der Waals surface area contributed by atoms with Crippen LogP contribution >= 0.6 is 0 Å². The van der Waals surface area contributed by atoms with Crippen LogP contribution in [0.2, 0.25) is 0 Å². The average Bonchev–Trinajstić information content (AvgIpc) is 3.11. The molecule has 1 atom stereocenters. The molecule has 0 aliphatic heterocycles. The maximum absolute atomic E-state index is 13.6. The number of halogens is 3. The number of amides is 2. The average molecular weight is 711 g/mol. The first-order valence-corrected chi connectivity index (χ1v) is 17.0. The zero-order chi connectivity index (χ0) is 37.4. The number of hydrogen-bond acceptors (Lipinski definition) is 4. The van der Waals surface area contributed by atoms with Gasteiger partial charge in [0.25, 0.3) is 5.91 Å². The van der Waals surface area contributed by atoms with Crippen molar-refractivity contribution >= 4 is 29.0 Å². The van der Waals surface area contributed by atoms with Crippen molar-refractivity contribution in [1.29, 1.82) is 0 Å². The molecule has 0 heterocycles. The fourth-order valence-electron chi connectivity index (χ4n) is 6.31. The Balaban J connectivity index is 1.17. The molecule has 1 unspecified atom stereocenters. The van der Waals surface area contributed by atoms with Crippen LogP contribution in [0.1, 0.15) is 63.5 Å². The van der Waals surface area contributed by atoms with Crippen LogP contribution in [0.15, 0.2) is 109 Å². The normalized spacial score (nSPS) is 14.2. The van der Waals surface area contributed by atoms with Crippen molar-refractivity contribution in [3.05, 3.63) is 148 Å². The summed E-state index contributed by atoms with van der Waals surface area (Å²) in [7, 11) is 1.26. The molecule has 10 heteroatoms. The molecule has 2 amide bonds. The molecule has 0 fully saturated rings. The molecule has 0 bridgehead atoms. The largest absolute Gasteiger partial charge is 0.497 e. The zero-order valence-corrected chi connectivity index (χ0v) is 29.3. The Hall–Kier alpha value is -5.64. The van der Waals surface area contributed by atoms with Gasteiger partial charge < -0.3 is 20.1 Å². The quantitative estimate of drug-likeness (QED) is 0.145. The summed E-state index contributed by atoms with van der Waals surface area (Å²) in [5, 5.41) is 12.1. The van der Waals surface area contributed by atoms with E-state index in [9.17, 15) is 32.7 Å². The SMILES string of the molecule is COc1ccc(CC(=O)Nc2ccc(C(=O)N(CC(=O)O)Cc3ccc(CCC4=CC=C(c5ccc(C)cc5)C(C)C4)cc3)cc2)c(C(F)(F)F)c1. The lowest BCUT2D eigenvalue weighted by molar-refractivity contribution is -0.139. The van der Waals surface area contributed by atoms with Gasteiger partial charge in [-0.1, -0.05) is 84.8 Å². The number of ether oxygens (including phenoxy) is 1. The summed E-state index contributed by atoms with van der Waals surface area (Å²) < 4.78 is 45.6. The lowest BCUT2D eigenvalue weighted by atomic mass is 9.83. The van der Waals surface area contributed by atoms with Crippen molar-refractivity contribution in [2.45, 2.75) is 52.3 Å². The number of carbonyl (C=O) groups excluding carboxylic acids is 2. The number of carboxylic acid groups (broad SMARTS) is 1. The van der Waals surface area contributed by atoms with E-state index in [0.29, 0.717) is 5.92 Å². The van der Waals surface area contributed by atoms with Gasteiger partial charge in [0.1, 0.15) is 12.3 Å². The molecule has 0 saturated carbocycles. The Morgan fingerprint density at radius 3 is 2.17 bits per heavy atom. The highest BCUT2D eigenvalue weighted by atomic mass is 19.4. The van der Waals surface area contributed by atoms with Gasteiger partial charge in [-0.3, -0.25) is 14.4 Å². The van der Waals surface area contributed by atoms with Gasteiger partial charge in [-0.15, -0.1) is 0 Å². The molecular weight excluding hydrogens is 669 g/mol. The Morgan fingerprint density at radius 2 is 1.56 bits per heavy atom. The van der Waals surface area contributed by atoms with Crippen LogP contribution in [0, 0.1) is 12.8 Å². The fourth-order valence-corrected chi connectivity index (χ4v) is 6.31. The molecule has 1 aliphatic carbocycles. The number of aliphatic carboxylic acids is 1. The first-order chi connectivity index (χ1) is 24.8. The van der Waals surface area contributed by atoms with Gasteiger partial charge in [0.05, 0.1) is 19.1 Å². The van der Waals surface area contributed by atoms with Gasteiger partial charge in [0, 0.05) is 17.8 Å². The first kappa shape index (κ1) is 37.6. The molecule has 0 aromatic heterocycles. The van der Waals surface area contributed by atoms with Crippen molar-refractivity contribution in [1.82, 2.24) is 4.90 Å². The molecule has 0 radical (unpaired) electrons. The van der Waals surface area contributed by atoms with Crippen LogP contribution in [0.5, 0.6) is 5.75 Å². The van der Waals surface area contributed by atoms with Gasteiger partial charge >= 0.3 is 12.1 Å². The highest BCUT2D eigenvalue weighted by Gasteiger charge is 2.34. The standard InChI is InChI=1S/C42H41F3N2O5/c1-27-4-13-32(14-5-27)37-21-12-30(22-28(37)2)9-6-29-7-10-31(11-8-29)25-47(26-40(49)50)41(51)33-15-18-35(19-16-33)46-39(48)23-34-17-20-36(52-3)24-38(34)42(43,44)45/h4-5,7-8,10-21,24,28H,6,9,22-23,25-26H2,1-3H3,(H,46,48)(H,49,50). The van der Waals surface area contributed by atoms with Crippen LogP contribution in [0.25, 0.3) is 5.57 Å². The summed E-state index contributed by atoms with van der Waals surface area (Å²) in [6.07, 6.45) is 2.05. The Labute approximate surface area is 301 Å². The maximum Gasteiger partial charge on any atom is 0.416 e. The van der Waals surface area contributed by atoms with E-state index in [1.165, 1.54) is 70.7 Å². The van der Waals surface area contributed by atoms with Gasteiger partial charge in [-0.25, -0.2) is 0 Å². The van der Waals surface area contributed by atoms with E-state index in [0.717, 1.165) is 36.5 Å². The number of methoxy groups -OCH3 is 1. The lowest BCUT2D eigenvalue weighted by Crippen LogP contribution is -2.35. The molecule has 1 aliphatic rings. The molecule has 5 rings (SSSR count). The Kier molecular flexibility index (Phi) is 12.0. The third-order valence-corrected chi connectivity index (χ3v) is 9.12. The van der Waals surface area contributed by atoms with E-state index < -0.39 is 42.5 Å². The zero-order valence-electron chi connectivity index (χ0n) is 29.3. The minimum absolute atomic E-state index is 0.0227. The Bertz CT molecular complexity index is 1970. The second-order valence-electron chi connectivity index (χ2n) is 13.1. The molecular formula is C42H41F3N2O5. The summed E-state index contributed by atoms with van der Waals surface area (Å²) >= 11 is 0. The topological polar surface area (TPSA) is 95.9 Å². The summed E-state index contributed by atoms with van der Waals surface area (Å²) in [5.41, 5.74) is 6.44. The number of carbonyl (C=O) groups is 3. The molecule has 4 aromatic rings. The van der Waals surface area contributed by atoms with Crippen molar-refractivity contribution in [3.8, 4) is 5.75 Å². The van der Waals surface area contributed by atoms with Crippen LogP contribution in [0.3, 0.4) is 0 Å². The van der Waals surface area contributed by atoms with E-state index in [1.807, 2.05) is 24.3 Å². The lowest BCUT2D eigenvalue weighted by Gasteiger charge is -2.22. The molecule has 270 valence electrons. The van der Waals surface area contributed by atoms with Gasteiger partial charge in [0.2, 0.25) is 5.91 Å². The van der Waals surface area contributed by atoms with Crippen LogP contribution < -0.4 is 10.1 Å². The number of nitrogens with one attached hydrogen (secondary N) is 1. The smallest absolute Gasteiger partial charge is 0.416 e. The summed E-state index contributed by atoms with van der Waals surface area (Å²) in [4.78, 5) is 38.9. The maximum atomic E-state index is 13.6. The van der Waals surface area contributed by atoms with Crippen molar-refractivity contribution in [2.75, 3.05) is 19.0 Å². The number of benzene rings is 4. The minimum atomic E-state index is -4.67. The molecule has 0 saturated heterocycles. The molecule has 0 spiro atoms. The summed E-state index contributed by atoms with van der Waals surface area (Å²) in [6.45, 7) is 3.90. The van der Waals surface area contributed by atoms with Gasteiger partial charge in [0.15, 0.2) is 0 Å². The van der Waals surface area contributed by atoms with E-state index in [4.69, 9.17) is 4.74 Å².